The molecule has 0 aromatic heterocycles. The average molecular weight is 330 g/mol. The first-order valence-electron chi connectivity index (χ1n) is 6.01. The van der Waals surface area contributed by atoms with Crippen molar-refractivity contribution in [2.24, 2.45) is 0 Å². The van der Waals surface area contributed by atoms with Gasteiger partial charge in [-0.1, -0.05) is 4.41 Å². The lowest BCUT2D eigenvalue weighted by atomic mass is 10.2. The van der Waals surface area contributed by atoms with Crippen molar-refractivity contribution >= 4 is 26.1 Å². The molecule has 20 heavy (non-hydrogen) atoms. The van der Waals surface area contributed by atoms with Gasteiger partial charge in [0.15, 0.2) is 0 Å². The molecule has 0 aromatic rings. The highest BCUT2D eigenvalue weighted by Crippen LogP contribution is 2.17. The van der Waals surface area contributed by atoms with E-state index < -0.39 is 37.5 Å². The first kappa shape index (κ1) is 19.1. The average Bonchev–Trinajstić information content (AvgIpc) is 2.26. The van der Waals surface area contributed by atoms with Gasteiger partial charge in [-0.3, -0.25) is 0 Å². The van der Waals surface area contributed by atoms with Crippen molar-refractivity contribution in [3.8, 4) is 0 Å². The Balaban J connectivity index is 5.72. The quantitative estimate of drug-likeness (QED) is 0.690. The summed E-state index contributed by atoms with van der Waals surface area (Å²) in [5.41, 5.74) is -0.949. The van der Waals surface area contributed by atoms with Gasteiger partial charge in [0.2, 0.25) is 10.0 Å². The SMILES string of the molecule is CCS(=O)(=O)N(C)N(C(=O)OC(C)(C)C)S(=O)(=O)CC. The number of hydrogen-bond donors (Lipinski definition) is 0. The summed E-state index contributed by atoms with van der Waals surface area (Å²) in [5, 5.41) is 0. The third-order valence-corrected chi connectivity index (χ3v) is 5.65. The van der Waals surface area contributed by atoms with Crippen LogP contribution in [0.3, 0.4) is 0 Å². The first-order chi connectivity index (χ1) is 8.78. The summed E-state index contributed by atoms with van der Waals surface area (Å²) in [5.74, 6) is -0.780. The number of amides is 1. The monoisotopic (exact) mass is 330 g/mol. The fourth-order valence-corrected chi connectivity index (χ4v) is 3.26. The minimum Gasteiger partial charge on any atom is -0.442 e. The van der Waals surface area contributed by atoms with Crippen LogP contribution in [-0.2, 0) is 24.8 Å². The van der Waals surface area contributed by atoms with E-state index in [-0.39, 0.29) is 10.2 Å². The van der Waals surface area contributed by atoms with Crippen LogP contribution in [0, 0.1) is 0 Å². The van der Waals surface area contributed by atoms with Crippen LogP contribution in [0.2, 0.25) is 0 Å². The van der Waals surface area contributed by atoms with E-state index in [1.54, 1.807) is 20.8 Å². The summed E-state index contributed by atoms with van der Waals surface area (Å²) in [7, 11) is -7.03. The molecule has 8 nitrogen and oxygen atoms in total. The Morgan fingerprint density at radius 1 is 1.00 bits per heavy atom. The van der Waals surface area contributed by atoms with Crippen molar-refractivity contribution in [1.82, 2.24) is 8.83 Å². The van der Waals surface area contributed by atoms with Crippen LogP contribution in [0.15, 0.2) is 0 Å². The van der Waals surface area contributed by atoms with Gasteiger partial charge in [-0.15, -0.1) is 4.41 Å². The Bertz CT molecular complexity index is 547. The highest BCUT2D eigenvalue weighted by atomic mass is 32.2. The Kier molecular flexibility index (Phi) is 6.00. The number of hydrazine groups is 1. The molecular formula is C10H22N2O6S2. The summed E-state index contributed by atoms with van der Waals surface area (Å²) >= 11 is 0. The third-order valence-electron chi connectivity index (χ3n) is 2.20. The Labute approximate surface area is 120 Å². The van der Waals surface area contributed by atoms with E-state index >= 15 is 0 Å². The van der Waals surface area contributed by atoms with E-state index in [1.165, 1.54) is 13.8 Å². The summed E-state index contributed by atoms with van der Waals surface area (Å²) in [4.78, 5) is 12.0. The van der Waals surface area contributed by atoms with Gasteiger partial charge in [0.1, 0.15) is 5.60 Å². The van der Waals surface area contributed by atoms with E-state index in [4.69, 9.17) is 4.74 Å². The van der Waals surface area contributed by atoms with E-state index in [2.05, 4.69) is 0 Å². The molecule has 0 N–H and O–H groups in total. The predicted octanol–water partition coefficient (Wildman–Crippen LogP) is 0.770. The van der Waals surface area contributed by atoms with Crippen molar-refractivity contribution in [3.05, 3.63) is 0 Å². The van der Waals surface area contributed by atoms with Gasteiger partial charge in [0, 0.05) is 7.05 Å². The Morgan fingerprint density at radius 3 is 1.70 bits per heavy atom. The van der Waals surface area contributed by atoms with Crippen molar-refractivity contribution in [2.45, 2.75) is 40.2 Å². The molecule has 120 valence electrons. The molecule has 0 fully saturated rings. The Morgan fingerprint density at radius 2 is 1.40 bits per heavy atom. The smallest absolute Gasteiger partial charge is 0.440 e. The second kappa shape index (κ2) is 6.27. The molecule has 0 unspecified atom stereocenters. The zero-order valence-corrected chi connectivity index (χ0v) is 14.2. The highest BCUT2D eigenvalue weighted by Gasteiger charge is 2.38. The topological polar surface area (TPSA) is 101 Å². The largest absolute Gasteiger partial charge is 0.442 e. The summed E-state index contributed by atoms with van der Waals surface area (Å²) in [6.45, 7) is 7.30. The summed E-state index contributed by atoms with van der Waals surface area (Å²) in [6.07, 6.45) is -1.25. The number of rotatable bonds is 5. The molecule has 0 rings (SSSR count). The zero-order valence-electron chi connectivity index (χ0n) is 12.6. The molecule has 0 saturated heterocycles. The molecule has 0 aromatic carbocycles. The molecule has 0 spiro atoms. The minimum absolute atomic E-state index is 0.150. The van der Waals surface area contributed by atoms with Crippen molar-refractivity contribution in [3.63, 3.8) is 0 Å². The van der Waals surface area contributed by atoms with Crippen LogP contribution >= 0.6 is 0 Å². The van der Waals surface area contributed by atoms with E-state index in [0.29, 0.717) is 4.41 Å². The van der Waals surface area contributed by atoms with Gasteiger partial charge >= 0.3 is 6.09 Å². The first-order valence-corrected chi connectivity index (χ1v) is 9.22. The van der Waals surface area contributed by atoms with Crippen LogP contribution in [0.4, 0.5) is 4.79 Å². The minimum atomic E-state index is -4.12. The molecule has 0 bridgehead atoms. The van der Waals surface area contributed by atoms with Crippen LogP contribution in [-0.4, -0.2) is 55.9 Å². The molecule has 0 radical (unpaired) electrons. The molecule has 0 atom stereocenters. The van der Waals surface area contributed by atoms with Gasteiger partial charge in [-0.25, -0.2) is 21.6 Å². The van der Waals surface area contributed by atoms with Crippen molar-refractivity contribution in [2.75, 3.05) is 18.6 Å². The summed E-state index contributed by atoms with van der Waals surface area (Å²) in [6, 6.07) is 0. The van der Waals surface area contributed by atoms with Gasteiger partial charge in [0.05, 0.1) is 11.5 Å². The fourth-order valence-electron chi connectivity index (χ4n) is 1.13. The van der Waals surface area contributed by atoms with Crippen LogP contribution in [0.1, 0.15) is 34.6 Å². The van der Waals surface area contributed by atoms with Crippen LogP contribution in [0.5, 0.6) is 0 Å². The van der Waals surface area contributed by atoms with Gasteiger partial charge < -0.3 is 4.74 Å². The molecular weight excluding hydrogens is 308 g/mol. The second-order valence-electron chi connectivity index (χ2n) is 4.96. The Hall–Kier alpha value is -0.870. The summed E-state index contributed by atoms with van der Waals surface area (Å²) < 4.78 is 53.0. The number of nitrogens with zero attached hydrogens (tertiary/aromatic N) is 2. The molecule has 0 saturated carbocycles. The van der Waals surface area contributed by atoms with E-state index in [9.17, 15) is 21.6 Å². The number of sulfonamides is 2. The van der Waals surface area contributed by atoms with Crippen LogP contribution < -0.4 is 0 Å². The maximum atomic E-state index is 12.0. The standard InChI is InChI=1S/C10H22N2O6S2/c1-7-19(14,15)11(6)12(20(16,17)8-2)9(13)18-10(3,4)5/h7-8H2,1-6H3. The van der Waals surface area contributed by atoms with E-state index in [0.717, 1.165) is 7.05 Å². The molecule has 0 aliphatic rings. The van der Waals surface area contributed by atoms with Crippen molar-refractivity contribution < 1.29 is 26.4 Å². The molecule has 0 aliphatic heterocycles. The number of carbonyl (C=O) groups is 1. The normalized spacial score (nSPS) is 13.3. The lowest BCUT2D eigenvalue weighted by Crippen LogP contribution is -2.52. The van der Waals surface area contributed by atoms with Crippen LogP contribution in [0.25, 0.3) is 0 Å². The lowest BCUT2D eigenvalue weighted by molar-refractivity contribution is 0.0195. The van der Waals surface area contributed by atoms with Gasteiger partial charge in [-0.05, 0) is 34.6 Å². The third kappa shape index (κ3) is 4.91. The molecule has 10 heteroatoms. The molecule has 0 heterocycles. The van der Waals surface area contributed by atoms with Gasteiger partial charge in [0.25, 0.3) is 10.0 Å². The lowest BCUT2D eigenvalue weighted by Gasteiger charge is -2.31. The number of carbonyl (C=O) groups excluding carboxylic acids is 1. The number of ether oxygens (including phenoxy) is 1. The maximum Gasteiger partial charge on any atom is 0.440 e. The predicted molar refractivity (Wildman–Crippen MR) is 74.8 cm³/mol. The highest BCUT2D eigenvalue weighted by molar-refractivity contribution is 7.92. The second-order valence-corrected chi connectivity index (χ2v) is 9.32. The van der Waals surface area contributed by atoms with Gasteiger partial charge in [-0.2, -0.15) is 0 Å². The fraction of sp³-hybridized carbons (Fsp3) is 0.900. The number of hydrogen-bond acceptors (Lipinski definition) is 6. The zero-order chi connectivity index (χ0) is 16.4. The maximum absolute atomic E-state index is 12.0. The van der Waals surface area contributed by atoms with E-state index in [1.807, 2.05) is 0 Å². The molecule has 0 aliphatic carbocycles. The van der Waals surface area contributed by atoms with Crippen molar-refractivity contribution in [1.29, 1.82) is 0 Å². The molecule has 1 amide bonds.